The van der Waals surface area contributed by atoms with Gasteiger partial charge in [-0.15, -0.1) is 0 Å². The molecule has 0 radical (unpaired) electrons. The number of rotatable bonds is 6. The van der Waals surface area contributed by atoms with Crippen LogP contribution in [0.3, 0.4) is 0 Å². The van der Waals surface area contributed by atoms with Crippen molar-refractivity contribution in [1.29, 1.82) is 0 Å². The number of hydrogen-bond acceptors (Lipinski definition) is 8. The summed E-state index contributed by atoms with van der Waals surface area (Å²) in [6, 6.07) is 16.9. The van der Waals surface area contributed by atoms with Crippen LogP contribution in [0.4, 0.5) is 17.1 Å². The number of nitro groups is 2. The molecule has 0 atom stereocenters. The van der Waals surface area contributed by atoms with E-state index in [0.717, 1.165) is 16.6 Å². The van der Waals surface area contributed by atoms with E-state index in [1.165, 1.54) is 22.7 Å². The lowest BCUT2D eigenvalue weighted by Gasteiger charge is -2.14. The Bertz CT molecular complexity index is 1360. The number of hydrogen-bond donors (Lipinski definition) is 0. The fourth-order valence-corrected chi connectivity index (χ4v) is 4.60. The molecule has 170 valence electrons. The topological polar surface area (TPSA) is 116 Å². The lowest BCUT2D eigenvalue weighted by Crippen LogP contribution is -2.27. The third-order valence-electron chi connectivity index (χ3n) is 4.63. The van der Waals surface area contributed by atoms with Gasteiger partial charge in [-0.2, -0.15) is 0 Å². The van der Waals surface area contributed by atoms with Crippen LogP contribution in [0, 0.1) is 20.2 Å². The van der Waals surface area contributed by atoms with E-state index in [1.807, 2.05) is 12.1 Å². The maximum Gasteiger partial charge on any atom is 0.318 e. The first-order valence-electron chi connectivity index (χ1n) is 9.47. The van der Waals surface area contributed by atoms with Gasteiger partial charge in [-0.1, -0.05) is 52.0 Å². The fourth-order valence-electron chi connectivity index (χ4n) is 3.04. The Labute approximate surface area is 210 Å². The zero-order valence-corrected chi connectivity index (χ0v) is 20.1. The van der Waals surface area contributed by atoms with Gasteiger partial charge in [0.15, 0.2) is 4.32 Å². The van der Waals surface area contributed by atoms with Gasteiger partial charge in [0.05, 0.1) is 26.5 Å². The molecule has 0 spiro atoms. The lowest BCUT2D eigenvalue weighted by atomic mass is 10.2. The fraction of sp³-hybridized carbons (Fsp3) is 0. The summed E-state index contributed by atoms with van der Waals surface area (Å²) in [6.07, 6.45) is 1.69. The number of anilines is 1. The Morgan fingerprint density at radius 1 is 0.971 bits per heavy atom. The van der Waals surface area contributed by atoms with Crippen molar-refractivity contribution in [2.45, 2.75) is 0 Å². The van der Waals surface area contributed by atoms with Crippen LogP contribution in [0.1, 0.15) is 5.56 Å². The molecule has 0 aromatic heterocycles. The summed E-state index contributed by atoms with van der Waals surface area (Å²) in [4.78, 5) is 35.5. The van der Waals surface area contributed by atoms with Crippen molar-refractivity contribution in [3.8, 4) is 11.5 Å². The second kappa shape index (κ2) is 9.71. The summed E-state index contributed by atoms with van der Waals surface area (Å²) < 4.78 is 6.87. The summed E-state index contributed by atoms with van der Waals surface area (Å²) in [5.74, 6) is -0.0746. The molecule has 0 aliphatic carbocycles. The van der Waals surface area contributed by atoms with Crippen LogP contribution >= 0.6 is 39.9 Å². The summed E-state index contributed by atoms with van der Waals surface area (Å²) in [5.41, 5.74) is 0.439. The highest BCUT2D eigenvalue weighted by atomic mass is 79.9. The monoisotopic (exact) mass is 557 g/mol. The third kappa shape index (κ3) is 4.98. The number of thioether (sulfide) groups is 1. The number of thiocarbonyl (C=S) groups is 1. The van der Waals surface area contributed by atoms with Gasteiger partial charge in [-0.3, -0.25) is 29.9 Å². The number of carbonyl (C=O) groups is 1. The first kappa shape index (κ1) is 23.5. The van der Waals surface area contributed by atoms with E-state index in [2.05, 4.69) is 15.9 Å². The molecule has 0 bridgehead atoms. The van der Waals surface area contributed by atoms with Gasteiger partial charge in [0.1, 0.15) is 5.75 Å². The molecule has 12 heteroatoms. The zero-order chi connectivity index (χ0) is 24.4. The molecule has 0 N–H and O–H groups in total. The van der Waals surface area contributed by atoms with E-state index in [-0.39, 0.29) is 17.4 Å². The molecule has 3 aromatic rings. The number of nitro benzene ring substituents is 2. The molecule has 1 aliphatic heterocycles. The van der Waals surface area contributed by atoms with Crippen LogP contribution in [-0.4, -0.2) is 20.1 Å². The van der Waals surface area contributed by atoms with E-state index >= 15 is 0 Å². The molecule has 34 heavy (non-hydrogen) atoms. The standard InChI is InChI=1S/C22H12BrN3O6S2/c23-14-3-5-15(6-4-14)24-21(27)20(34-22(24)33)11-13-1-8-17(9-2-13)32-19-10-7-16(25(28)29)12-18(19)26(30)31/h1-12H/b20-11+. The third-order valence-corrected chi connectivity index (χ3v) is 6.47. The summed E-state index contributed by atoms with van der Waals surface area (Å²) in [5, 5.41) is 22.2. The highest BCUT2D eigenvalue weighted by molar-refractivity contribution is 9.10. The number of amides is 1. The van der Waals surface area contributed by atoms with Gasteiger partial charge >= 0.3 is 5.69 Å². The van der Waals surface area contributed by atoms with E-state index in [9.17, 15) is 25.0 Å². The number of ether oxygens (including phenoxy) is 1. The molecule has 1 saturated heterocycles. The van der Waals surface area contributed by atoms with Crippen LogP contribution in [0.2, 0.25) is 0 Å². The first-order valence-corrected chi connectivity index (χ1v) is 11.5. The van der Waals surface area contributed by atoms with Crippen molar-refractivity contribution in [3.05, 3.63) is 102 Å². The Balaban J connectivity index is 1.53. The maximum absolute atomic E-state index is 12.9. The van der Waals surface area contributed by atoms with Crippen molar-refractivity contribution in [2.24, 2.45) is 0 Å². The predicted molar refractivity (Wildman–Crippen MR) is 136 cm³/mol. The average Bonchev–Trinajstić information content (AvgIpc) is 3.08. The van der Waals surface area contributed by atoms with Crippen LogP contribution in [0.15, 0.2) is 76.1 Å². The second-order valence-corrected chi connectivity index (χ2v) is 9.42. The van der Waals surface area contributed by atoms with Gasteiger partial charge in [-0.25, -0.2) is 0 Å². The Kier molecular flexibility index (Phi) is 6.72. The minimum absolute atomic E-state index is 0.126. The van der Waals surface area contributed by atoms with E-state index in [0.29, 0.717) is 20.5 Å². The molecule has 4 rings (SSSR count). The van der Waals surface area contributed by atoms with E-state index in [1.54, 1.807) is 42.5 Å². The number of benzene rings is 3. The van der Waals surface area contributed by atoms with Crippen molar-refractivity contribution >= 4 is 73.3 Å². The summed E-state index contributed by atoms with van der Waals surface area (Å²) >= 11 is 9.93. The second-order valence-electron chi connectivity index (χ2n) is 6.83. The van der Waals surface area contributed by atoms with Gasteiger partial charge in [0.25, 0.3) is 11.6 Å². The molecule has 0 unspecified atom stereocenters. The molecular weight excluding hydrogens is 546 g/mol. The SMILES string of the molecule is O=C1/C(=C\c2ccc(Oc3ccc([N+](=O)[O-])cc3[N+](=O)[O-])cc2)SC(=S)N1c1ccc(Br)cc1. The van der Waals surface area contributed by atoms with Gasteiger partial charge in [0, 0.05) is 10.5 Å². The molecule has 1 aliphatic rings. The number of carbonyl (C=O) groups excluding carboxylic acids is 1. The molecule has 9 nitrogen and oxygen atoms in total. The maximum atomic E-state index is 12.9. The molecule has 0 saturated carbocycles. The minimum atomic E-state index is -0.746. The van der Waals surface area contributed by atoms with Crippen LogP contribution in [0.5, 0.6) is 11.5 Å². The average molecular weight is 558 g/mol. The number of halogens is 1. The van der Waals surface area contributed by atoms with Crippen molar-refractivity contribution in [2.75, 3.05) is 4.90 Å². The predicted octanol–water partition coefficient (Wildman–Crippen LogP) is 6.46. The summed E-state index contributed by atoms with van der Waals surface area (Å²) in [6.45, 7) is 0. The molecule has 1 fully saturated rings. The van der Waals surface area contributed by atoms with E-state index < -0.39 is 21.2 Å². The Morgan fingerprint density at radius 3 is 2.26 bits per heavy atom. The molecule has 3 aromatic carbocycles. The number of nitrogens with zero attached hydrogens (tertiary/aromatic N) is 3. The number of non-ortho nitro benzene ring substituents is 1. The van der Waals surface area contributed by atoms with Crippen LogP contribution in [0.25, 0.3) is 6.08 Å². The van der Waals surface area contributed by atoms with Crippen molar-refractivity contribution in [1.82, 2.24) is 0 Å². The largest absolute Gasteiger partial charge is 0.450 e. The molecule has 1 heterocycles. The zero-order valence-electron chi connectivity index (χ0n) is 16.9. The smallest absolute Gasteiger partial charge is 0.318 e. The van der Waals surface area contributed by atoms with Crippen molar-refractivity contribution < 1.29 is 19.4 Å². The minimum Gasteiger partial charge on any atom is -0.450 e. The Morgan fingerprint density at radius 2 is 1.65 bits per heavy atom. The Hall–Kier alpha value is -3.61. The van der Waals surface area contributed by atoms with Crippen LogP contribution < -0.4 is 9.64 Å². The molecule has 1 amide bonds. The van der Waals surface area contributed by atoms with Gasteiger partial charge in [-0.05, 0) is 54.1 Å². The summed E-state index contributed by atoms with van der Waals surface area (Å²) in [7, 11) is 0. The van der Waals surface area contributed by atoms with E-state index in [4.69, 9.17) is 17.0 Å². The quantitative estimate of drug-likeness (QED) is 0.146. The first-order chi connectivity index (χ1) is 16.2. The van der Waals surface area contributed by atoms with Crippen LogP contribution in [-0.2, 0) is 4.79 Å². The highest BCUT2D eigenvalue weighted by Crippen LogP contribution is 2.37. The van der Waals surface area contributed by atoms with Crippen molar-refractivity contribution in [3.63, 3.8) is 0 Å². The lowest BCUT2D eigenvalue weighted by molar-refractivity contribution is -0.394. The molecular formula is C22H12BrN3O6S2. The van der Waals surface area contributed by atoms with Gasteiger partial charge in [0.2, 0.25) is 5.75 Å². The highest BCUT2D eigenvalue weighted by Gasteiger charge is 2.33. The normalized spacial score (nSPS) is 14.5. The van der Waals surface area contributed by atoms with Gasteiger partial charge < -0.3 is 4.74 Å².